The van der Waals surface area contributed by atoms with Gasteiger partial charge in [-0.2, -0.15) is 0 Å². The first kappa shape index (κ1) is 23.5. The normalized spacial score (nSPS) is 18.9. The van der Waals surface area contributed by atoms with Crippen LogP contribution in [-0.4, -0.2) is 61.7 Å². The topological polar surface area (TPSA) is 61.8 Å². The second kappa shape index (κ2) is 10.1. The smallest absolute Gasteiger partial charge is 0.194 e. The van der Waals surface area contributed by atoms with Crippen molar-refractivity contribution in [1.29, 1.82) is 0 Å². The second-order valence-electron chi connectivity index (χ2n) is 6.54. The minimum absolute atomic E-state index is 0. The monoisotopic (exact) mass is 515 g/mol. The molecule has 5 nitrogen and oxygen atoms in total. The highest BCUT2D eigenvalue weighted by Gasteiger charge is 2.40. The first-order valence-electron chi connectivity index (χ1n) is 8.39. The lowest BCUT2D eigenvalue weighted by Gasteiger charge is -2.39. The number of nitrogens with zero attached hydrogens (tertiary/aromatic N) is 2. The Balaban J connectivity index is 0.00000338. The van der Waals surface area contributed by atoms with Crippen LogP contribution in [0.2, 0.25) is 0 Å². The Hall–Kier alpha value is -0.550. The van der Waals surface area contributed by atoms with Gasteiger partial charge in [0.05, 0.1) is 17.0 Å². The summed E-state index contributed by atoms with van der Waals surface area (Å²) in [6.45, 7) is 7.76. The van der Waals surface area contributed by atoms with Crippen molar-refractivity contribution in [3.05, 3.63) is 30.1 Å². The molecule has 1 fully saturated rings. The van der Waals surface area contributed by atoms with Gasteiger partial charge in [-0.05, 0) is 45.0 Å². The fraction of sp³-hybridized carbons (Fsp3) is 0.588. The van der Waals surface area contributed by atoms with Gasteiger partial charge in [0.1, 0.15) is 5.82 Å². The molecular formula is C17H27FIN3O2S2. The van der Waals surface area contributed by atoms with Gasteiger partial charge in [-0.25, -0.2) is 12.8 Å². The van der Waals surface area contributed by atoms with E-state index in [9.17, 15) is 12.8 Å². The summed E-state index contributed by atoms with van der Waals surface area (Å²) in [6.07, 6.45) is 0. The van der Waals surface area contributed by atoms with Gasteiger partial charge in [-0.3, -0.25) is 4.99 Å². The van der Waals surface area contributed by atoms with E-state index in [1.54, 1.807) is 37.7 Å². The lowest BCUT2D eigenvalue weighted by atomic mass is 10.2. The molecule has 0 spiro atoms. The van der Waals surface area contributed by atoms with Gasteiger partial charge in [-0.1, -0.05) is 0 Å². The number of sulfone groups is 1. The molecule has 0 atom stereocenters. The van der Waals surface area contributed by atoms with Crippen molar-refractivity contribution < 1.29 is 12.8 Å². The number of hydrogen-bond donors (Lipinski definition) is 1. The largest absolute Gasteiger partial charge is 0.357 e. The van der Waals surface area contributed by atoms with Gasteiger partial charge in [0.25, 0.3) is 0 Å². The summed E-state index contributed by atoms with van der Waals surface area (Å²) in [7, 11) is -3.07. The van der Waals surface area contributed by atoms with Crippen molar-refractivity contribution in [3.8, 4) is 0 Å². The Bertz CT molecular complexity index is 709. The van der Waals surface area contributed by atoms with E-state index in [1.165, 1.54) is 12.1 Å². The summed E-state index contributed by atoms with van der Waals surface area (Å²) < 4.78 is 36.4. The van der Waals surface area contributed by atoms with E-state index >= 15 is 0 Å². The molecule has 2 rings (SSSR count). The lowest BCUT2D eigenvalue weighted by molar-refractivity contribution is 0.353. The standard InChI is InChI=1S/C17H26FN3O2S2.HI/c1-4-19-16(21-10-12-25(22,23)17(2,3)13-21)20-9-11-24-15-7-5-14(18)6-8-15;/h5-8H,4,9-13H2,1-3H3,(H,19,20);1H. The number of thioether (sulfide) groups is 1. The van der Waals surface area contributed by atoms with Crippen LogP contribution in [0.15, 0.2) is 34.2 Å². The Morgan fingerprint density at radius 2 is 2.00 bits per heavy atom. The highest BCUT2D eigenvalue weighted by atomic mass is 127. The van der Waals surface area contributed by atoms with Crippen LogP contribution in [0.4, 0.5) is 4.39 Å². The van der Waals surface area contributed by atoms with Crippen LogP contribution in [0.5, 0.6) is 0 Å². The number of guanidine groups is 1. The van der Waals surface area contributed by atoms with Crippen LogP contribution in [0.25, 0.3) is 0 Å². The summed E-state index contributed by atoms with van der Waals surface area (Å²) in [6, 6.07) is 6.41. The van der Waals surface area contributed by atoms with Gasteiger partial charge in [0.15, 0.2) is 15.8 Å². The van der Waals surface area contributed by atoms with Crippen molar-refractivity contribution in [2.24, 2.45) is 4.99 Å². The van der Waals surface area contributed by atoms with Gasteiger partial charge in [0.2, 0.25) is 0 Å². The molecule has 0 saturated carbocycles. The summed E-state index contributed by atoms with van der Waals surface area (Å²) in [5, 5.41) is 3.25. The third kappa shape index (κ3) is 6.26. The lowest BCUT2D eigenvalue weighted by Crippen LogP contribution is -2.57. The quantitative estimate of drug-likeness (QED) is 0.215. The summed E-state index contributed by atoms with van der Waals surface area (Å²) in [5.41, 5.74) is 0. The van der Waals surface area contributed by atoms with E-state index in [0.717, 1.165) is 23.2 Å². The van der Waals surface area contributed by atoms with Crippen molar-refractivity contribution in [2.45, 2.75) is 30.4 Å². The Morgan fingerprint density at radius 3 is 2.58 bits per heavy atom. The van der Waals surface area contributed by atoms with Crippen LogP contribution in [-0.2, 0) is 9.84 Å². The van der Waals surface area contributed by atoms with E-state index in [4.69, 9.17) is 0 Å². The third-order valence-corrected chi connectivity index (χ3v) is 7.64. The van der Waals surface area contributed by atoms with Crippen LogP contribution in [0.3, 0.4) is 0 Å². The van der Waals surface area contributed by atoms with Crippen LogP contribution >= 0.6 is 35.7 Å². The van der Waals surface area contributed by atoms with Gasteiger partial charge >= 0.3 is 0 Å². The number of benzene rings is 1. The molecule has 1 aromatic rings. The van der Waals surface area contributed by atoms with Crippen LogP contribution < -0.4 is 5.32 Å². The SMILES string of the molecule is CCNC(=NCCSc1ccc(F)cc1)N1CCS(=O)(=O)C(C)(C)C1.I. The van der Waals surface area contributed by atoms with Crippen LogP contribution in [0, 0.1) is 5.82 Å². The number of halogens is 2. The highest BCUT2D eigenvalue weighted by Crippen LogP contribution is 2.24. The maximum Gasteiger partial charge on any atom is 0.194 e. The zero-order valence-electron chi connectivity index (χ0n) is 15.4. The van der Waals surface area contributed by atoms with Crippen LogP contribution in [0.1, 0.15) is 20.8 Å². The molecule has 1 aliphatic rings. The molecule has 1 N–H and O–H groups in total. The van der Waals surface area contributed by atoms with E-state index in [1.807, 2.05) is 11.8 Å². The Labute approximate surface area is 177 Å². The Kier molecular flexibility index (Phi) is 9.14. The molecular weight excluding hydrogens is 488 g/mol. The molecule has 9 heteroatoms. The first-order chi connectivity index (χ1) is 11.7. The minimum atomic E-state index is -3.07. The van der Waals surface area contributed by atoms with Gasteiger partial charge in [-0.15, -0.1) is 35.7 Å². The summed E-state index contributed by atoms with van der Waals surface area (Å²) in [5.74, 6) is 1.44. The fourth-order valence-corrected chi connectivity index (χ4v) is 4.71. The predicted molar refractivity (Wildman–Crippen MR) is 118 cm³/mol. The second-order valence-corrected chi connectivity index (χ2v) is 10.4. The van der Waals surface area contributed by atoms with E-state index in [0.29, 0.717) is 19.6 Å². The summed E-state index contributed by atoms with van der Waals surface area (Å²) in [4.78, 5) is 7.65. The highest BCUT2D eigenvalue weighted by molar-refractivity contribution is 14.0. The summed E-state index contributed by atoms with van der Waals surface area (Å²) >= 11 is 1.62. The molecule has 0 bridgehead atoms. The average molecular weight is 515 g/mol. The molecule has 1 saturated heterocycles. The van der Waals surface area contributed by atoms with Crippen molar-refractivity contribution in [1.82, 2.24) is 10.2 Å². The number of nitrogens with one attached hydrogen (secondary N) is 1. The zero-order chi connectivity index (χ0) is 18.5. The van der Waals surface area contributed by atoms with E-state index in [2.05, 4.69) is 10.3 Å². The molecule has 0 unspecified atom stereocenters. The minimum Gasteiger partial charge on any atom is -0.357 e. The molecule has 0 aliphatic carbocycles. The zero-order valence-corrected chi connectivity index (χ0v) is 19.3. The molecule has 0 amide bonds. The maximum atomic E-state index is 12.9. The molecule has 1 heterocycles. The molecule has 148 valence electrons. The number of aliphatic imine (C=N–C) groups is 1. The number of rotatable bonds is 5. The first-order valence-corrected chi connectivity index (χ1v) is 11.0. The fourth-order valence-electron chi connectivity index (χ4n) is 2.60. The molecule has 26 heavy (non-hydrogen) atoms. The predicted octanol–water partition coefficient (Wildman–Crippen LogP) is 3.01. The van der Waals surface area contributed by atoms with Crippen molar-refractivity contribution in [2.75, 3.05) is 37.7 Å². The van der Waals surface area contributed by atoms with Gasteiger partial charge < -0.3 is 10.2 Å². The van der Waals surface area contributed by atoms with Crippen molar-refractivity contribution in [3.63, 3.8) is 0 Å². The van der Waals surface area contributed by atoms with E-state index < -0.39 is 14.6 Å². The maximum absolute atomic E-state index is 12.9. The molecule has 1 aromatic carbocycles. The van der Waals surface area contributed by atoms with Gasteiger partial charge in [0, 0.05) is 30.3 Å². The number of hydrogen-bond acceptors (Lipinski definition) is 4. The van der Waals surface area contributed by atoms with E-state index in [-0.39, 0.29) is 35.5 Å². The molecule has 0 aromatic heterocycles. The molecule has 0 radical (unpaired) electrons. The molecule has 1 aliphatic heterocycles. The average Bonchev–Trinajstić information content (AvgIpc) is 2.55. The third-order valence-electron chi connectivity index (χ3n) is 4.11. The Morgan fingerprint density at radius 1 is 1.35 bits per heavy atom. The van der Waals surface area contributed by atoms with Crippen molar-refractivity contribution >= 4 is 51.5 Å².